The summed E-state index contributed by atoms with van der Waals surface area (Å²) in [5, 5.41) is 15.5. The molecule has 2 saturated heterocycles. The maximum Gasteiger partial charge on any atom is 0.472 e. The summed E-state index contributed by atoms with van der Waals surface area (Å²) in [6, 6.07) is 3.78. The Morgan fingerprint density at radius 2 is 1.66 bits per heavy atom. The molecule has 7 heterocycles. The van der Waals surface area contributed by atoms with E-state index in [1.54, 1.807) is 29.8 Å². The van der Waals surface area contributed by atoms with Gasteiger partial charge in [0.15, 0.2) is 6.23 Å². The minimum absolute atomic E-state index is 0.0143. The van der Waals surface area contributed by atoms with Crippen LogP contribution >= 0.6 is 7.82 Å². The molecule has 15 nitrogen and oxygen atoms in total. The SMILES string of the molecule is COCC1OC(n2cnc3cc(C)c(C)cc32)C(O)C1OP(=O)(O)OC(C)CN(C)C(=O)CCC1(C)C2=NC(C1C)C1(C)N=C(C(C)=C3N/C(=C\C4=NC(=C\2C)/C(C)C4(C)C)C(C)C3(C)C)C(C)C1C. The number of phosphoric ester groups is 1. The highest BCUT2D eigenvalue weighted by atomic mass is 31.2. The Balaban J connectivity index is 1.01. The van der Waals surface area contributed by atoms with Crippen molar-refractivity contribution in [2.75, 3.05) is 27.3 Å². The van der Waals surface area contributed by atoms with Gasteiger partial charge in [-0.25, -0.2) is 9.55 Å². The predicted molar refractivity (Wildman–Crippen MR) is 276 cm³/mol. The molecule has 0 spiro atoms. The number of amides is 1. The largest absolute Gasteiger partial charge is 0.472 e. The molecule has 384 valence electrons. The lowest BCUT2D eigenvalue weighted by atomic mass is 9.64. The highest BCUT2D eigenvalue weighted by molar-refractivity contribution is 7.47. The van der Waals surface area contributed by atoms with Gasteiger partial charge in [0, 0.05) is 95.3 Å². The van der Waals surface area contributed by atoms with Crippen LogP contribution in [0, 0.1) is 59.7 Å². The number of aliphatic imine (C=N–C) groups is 3. The number of hydrogen-bond acceptors (Lipinski definition) is 12. The molecule has 1 amide bonds. The van der Waals surface area contributed by atoms with Gasteiger partial charge in [-0.15, -0.1) is 0 Å². The van der Waals surface area contributed by atoms with Crippen molar-refractivity contribution in [1.29, 1.82) is 0 Å². The first-order chi connectivity index (χ1) is 32.5. The smallest absolute Gasteiger partial charge is 0.386 e. The van der Waals surface area contributed by atoms with Crippen LogP contribution in [0.2, 0.25) is 0 Å². The monoisotopic (exact) mass is 986 g/mol. The van der Waals surface area contributed by atoms with Crippen LogP contribution in [0.1, 0.15) is 127 Å². The van der Waals surface area contributed by atoms with Gasteiger partial charge < -0.3 is 34.3 Å². The average molecular weight is 986 g/mol. The summed E-state index contributed by atoms with van der Waals surface area (Å²) in [7, 11) is -1.66. The van der Waals surface area contributed by atoms with E-state index >= 15 is 0 Å². The summed E-state index contributed by atoms with van der Waals surface area (Å²) in [6.07, 6.45) is -0.802. The number of aromatic nitrogens is 2. The summed E-state index contributed by atoms with van der Waals surface area (Å²) in [5.41, 5.74) is 11.1. The number of hydrogen-bond donors (Lipinski definition) is 3. The van der Waals surface area contributed by atoms with E-state index in [1.807, 2.05) is 26.0 Å². The Labute approximate surface area is 416 Å². The second-order valence-electron chi connectivity index (χ2n) is 23.4. The third kappa shape index (κ3) is 8.54. The molecule has 8 rings (SSSR count). The minimum Gasteiger partial charge on any atom is -0.386 e. The fraction of sp³-hybridized carbons (Fsp3) is 0.685. The number of aryl methyl sites for hydroxylation is 2. The van der Waals surface area contributed by atoms with Crippen LogP contribution in [-0.4, -0.2) is 111 Å². The quantitative estimate of drug-likeness (QED) is 0.173. The van der Waals surface area contributed by atoms with E-state index in [4.69, 9.17) is 33.5 Å². The topological polar surface area (TPSA) is 182 Å². The van der Waals surface area contributed by atoms with Crippen LogP contribution in [-0.2, 0) is 27.9 Å². The summed E-state index contributed by atoms with van der Waals surface area (Å²) < 4.78 is 38.3. The van der Waals surface area contributed by atoms with Crippen molar-refractivity contribution < 1.29 is 37.9 Å². The van der Waals surface area contributed by atoms with Gasteiger partial charge in [0.25, 0.3) is 0 Å². The zero-order chi connectivity index (χ0) is 51.5. The van der Waals surface area contributed by atoms with Crippen LogP contribution in [0.15, 0.2) is 67.8 Å². The lowest BCUT2D eigenvalue weighted by Gasteiger charge is -2.40. The Hall–Kier alpha value is -3.82. The zero-order valence-electron chi connectivity index (χ0n) is 45.0. The first-order valence-corrected chi connectivity index (χ1v) is 26.9. The molecule has 6 aliphatic heterocycles. The van der Waals surface area contributed by atoms with Crippen LogP contribution in [0.4, 0.5) is 0 Å². The molecule has 16 heteroatoms. The maximum atomic E-state index is 14.2. The second-order valence-corrected chi connectivity index (χ2v) is 24.7. The molecule has 8 bridgehead atoms. The van der Waals surface area contributed by atoms with Crippen LogP contribution in [0.3, 0.4) is 0 Å². The summed E-state index contributed by atoms with van der Waals surface area (Å²) in [5.74, 6) is 0.665. The maximum absolute atomic E-state index is 14.2. The molecule has 0 aliphatic carbocycles. The number of methoxy groups -OCH3 is 1. The van der Waals surface area contributed by atoms with E-state index in [0.29, 0.717) is 6.42 Å². The van der Waals surface area contributed by atoms with Gasteiger partial charge in [0.2, 0.25) is 5.91 Å². The first kappa shape index (κ1) is 52.5. The summed E-state index contributed by atoms with van der Waals surface area (Å²) in [4.78, 5) is 48.4. The Morgan fingerprint density at radius 1 is 0.986 bits per heavy atom. The number of rotatable bonds is 12. The van der Waals surface area contributed by atoms with Gasteiger partial charge in [-0.2, -0.15) is 0 Å². The fourth-order valence-electron chi connectivity index (χ4n) is 12.5. The number of phosphoric acid groups is 1. The molecular formula is C54H80N7O8P. The van der Waals surface area contributed by atoms with Gasteiger partial charge in [-0.3, -0.25) is 28.8 Å². The van der Waals surface area contributed by atoms with E-state index in [0.717, 1.165) is 50.6 Å². The number of nitrogens with zero attached hydrogens (tertiary/aromatic N) is 6. The molecular weight excluding hydrogens is 906 g/mol. The van der Waals surface area contributed by atoms with Gasteiger partial charge in [0.1, 0.15) is 18.3 Å². The molecule has 6 aliphatic rings. The van der Waals surface area contributed by atoms with Crippen molar-refractivity contribution in [2.45, 2.75) is 166 Å². The van der Waals surface area contributed by atoms with Crippen LogP contribution < -0.4 is 5.32 Å². The highest BCUT2D eigenvalue weighted by Gasteiger charge is 2.58. The van der Waals surface area contributed by atoms with E-state index in [9.17, 15) is 19.4 Å². The number of benzene rings is 1. The fourth-order valence-corrected chi connectivity index (χ4v) is 13.6. The predicted octanol–water partition coefficient (Wildman–Crippen LogP) is 9.47. The minimum atomic E-state index is -4.82. The number of likely N-dealkylation sites (N-methyl/N-ethyl adjacent to an activating group) is 1. The normalized spacial score (nSPS) is 37.5. The standard InChI is InChI=1S/C54H80N7O8P/c1-27-21-38-39(22-28(27)2)61(26-55-38)50-45(63)46(40(67-50)25-66-18)69-70(64,65)68-29(3)24-60(17)42(62)19-20-53(15)36(10)49-54(16)33(7)30(4)43(59-54)31(5)47-52(13,14)34(8)37(56-47)23-41-51(11,12)35(9)44(57-41)32(6)48(53)58-49/h21-23,26,29-30,33-36,40,45-46,49-50,56,63H,19-20,24-25H2,1-18H3,(H,64,65)/b37-23-,44-32-,47-31?. The number of imidazole rings is 1. The third-order valence-corrected chi connectivity index (χ3v) is 19.6. The van der Waals surface area contributed by atoms with Gasteiger partial charge in [0.05, 0.1) is 41.7 Å². The number of allylic oxidation sites excluding steroid dienone is 6. The average Bonchev–Trinajstić information content (AvgIpc) is 4.06. The van der Waals surface area contributed by atoms with E-state index in [1.165, 1.54) is 24.1 Å². The molecule has 2 aromatic rings. The lowest BCUT2D eigenvalue weighted by Crippen LogP contribution is -2.46. The number of carbonyl (C=O) groups is 1. The second kappa shape index (κ2) is 18.3. The van der Waals surface area contributed by atoms with Crippen LogP contribution in [0.5, 0.6) is 0 Å². The molecule has 14 atom stereocenters. The molecule has 1 aromatic carbocycles. The van der Waals surface area contributed by atoms with Crippen molar-refractivity contribution in [2.24, 2.45) is 60.8 Å². The molecule has 70 heavy (non-hydrogen) atoms. The first-order valence-electron chi connectivity index (χ1n) is 25.4. The number of carbonyl (C=O) groups excluding carboxylic acids is 1. The number of ether oxygens (including phenoxy) is 2. The summed E-state index contributed by atoms with van der Waals surface area (Å²) in [6.45, 7) is 35.3. The summed E-state index contributed by atoms with van der Waals surface area (Å²) >= 11 is 0. The number of aliphatic hydroxyl groups excluding tert-OH is 1. The Bertz CT molecular complexity index is 2700. The molecule has 0 saturated carbocycles. The van der Waals surface area contributed by atoms with E-state index in [-0.39, 0.29) is 71.9 Å². The molecule has 0 radical (unpaired) electrons. The molecule has 1 aromatic heterocycles. The number of fused-ring (bicyclic) bond motifs is 7. The van der Waals surface area contributed by atoms with E-state index < -0.39 is 49.4 Å². The molecule has 14 unspecified atom stereocenters. The number of nitrogens with one attached hydrogen (secondary N) is 1. The van der Waals surface area contributed by atoms with Crippen molar-refractivity contribution in [3.05, 3.63) is 63.9 Å². The van der Waals surface area contributed by atoms with Gasteiger partial charge >= 0.3 is 7.82 Å². The van der Waals surface area contributed by atoms with Crippen molar-refractivity contribution in [1.82, 2.24) is 19.8 Å². The highest BCUT2D eigenvalue weighted by Crippen LogP contribution is 2.56. The van der Waals surface area contributed by atoms with Crippen molar-refractivity contribution >= 4 is 41.9 Å². The van der Waals surface area contributed by atoms with Crippen LogP contribution in [0.25, 0.3) is 11.0 Å². The Kier molecular flexibility index (Phi) is 13.7. The Morgan fingerprint density at radius 3 is 2.33 bits per heavy atom. The molecule has 2 fully saturated rings. The van der Waals surface area contributed by atoms with Crippen molar-refractivity contribution in [3.8, 4) is 0 Å². The van der Waals surface area contributed by atoms with Gasteiger partial charge in [-0.1, -0.05) is 69.2 Å². The lowest BCUT2D eigenvalue weighted by molar-refractivity contribution is -0.131. The number of aliphatic hydroxyl groups is 1. The molecule has 3 N–H and O–H groups in total. The van der Waals surface area contributed by atoms with E-state index in [2.05, 4.69) is 106 Å². The van der Waals surface area contributed by atoms with Gasteiger partial charge in [-0.05, 0) is 100 Å². The zero-order valence-corrected chi connectivity index (χ0v) is 45.9. The van der Waals surface area contributed by atoms with Crippen molar-refractivity contribution in [3.63, 3.8) is 0 Å². The third-order valence-electron chi connectivity index (χ3n) is 18.5.